The van der Waals surface area contributed by atoms with Crippen molar-refractivity contribution >= 4 is 6.29 Å². The molecule has 0 amide bonds. The third kappa shape index (κ3) is 2.71. The van der Waals surface area contributed by atoms with Crippen molar-refractivity contribution in [3.63, 3.8) is 0 Å². The summed E-state index contributed by atoms with van der Waals surface area (Å²) in [5.41, 5.74) is 1.62. The molecule has 5 saturated carbocycles. The van der Waals surface area contributed by atoms with Gasteiger partial charge in [-0.3, -0.25) is 0 Å². The van der Waals surface area contributed by atoms with Crippen molar-refractivity contribution in [2.24, 2.45) is 62.6 Å². The molecule has 0 aromatic rings. The van der Waals surface area contributed by atoms with Crippen molar-refractivity contribution in [3.8, 4) is 0 Å². The maximum atomic E-state index is 11.9. The van der Waals surface area contributed by atoms with E-state index in [0.29, 0.717) is 33.5 Å². The largest absolute Gasteiger partial charge is 0.393 e. The fourth-order valence-electron chi connectivity index (χ4n) is 11.7. The van der Waals surface area contributed by atoms with Crippen LogP contribution in [0, 0.1) is 62.6 Å². The SMILES string of the molecule is C[C@H](C=O)[C@@H]1CC[C@]2(C)CC[C@]3(C)[C@H](CC[C@@H]4[C@@]5(C)CC[C@H](O)C(C)(C)[C@@H]5CC[C@]43C)[C@@H]12. The zero-order valence-electron chi connectivity index (χ0n) is 22.0. The predicted octanol–water partition coefficient (Wildman–Crippen LogP) is 7.28. The molecule has 0 aromatic carbocycles. The normalized spacial score (nSPS) is 57.5. The molecule has 1 N–H and O–H groups in total. The number of aliphatic hydroxyl groups is 1. The molecule has 0 bridgehead atoms. The fourth-order valence-corrected chi connectivity index (χ4v) is 11.7. The third-order valence-corrected chi connectivity index (χ3v) is 13.8. The highest BCUT2D eigenvalue weighted by Gasteiger charge is 2.70. The molecule has 0 unspecified atom stereocenters. The lowest BCUT2D eigenvalue weighted by atomic mass is 9.32. The van der Waals surface area contributed by atoms with E-state index >= 15 is 0 Å². The molecule has 5 aliphatic carbocycles. The van der Waals surface area contributed by atoms with E-state index in [0.717, 1.165) is 24.2 Å². The van der Waals surface area contributed by atoms with Crippen LogP contribution in [0.5, 0.6) is 0 Å². The number of carbonyl (C=O) groups is 1. The number of rotatable bonds is 2. The Morgan fingerprint density at radius 1 is 0.781 bits per heavy atom. The molecule has 182 valence electrons. The zero-order chi connectivity index (χ0) is 23.3. The molecule has 2 heteroatoms. The number of hydrogen-bond acceptors (Lipinski definition) is 2. The first-order valence-electron chi connectivity index (χ1n) is 14.0. The summed E-state index contributed by atoms with van der Waals surface area (Å²) in [7, 11) is 0. The van der Waals surface area contributed by atoms with E-state index in [1.165, 1.54) is 64.1 Å². The number of aliphatic hydroxyl groups excluding tert-OH is 1. The van der Waals surface area contributed by atoms with Crippen LogP contribution >= 0.6 is 0 Å². The van der Waals surface area contributed by atoms with Crippen LogP contribution in [0.1, 0.15) is 113 Å². The monoisotopic (exact) mass is 442 g/mol. The van der Waals surface area contributed by atoms with Gasteiger partial charge in [0, 0.05) is 5.92 Å². The summed E-state index contributed by atoms with van der Waals surface area (Å²) in [5, 5.41) is 10.9. The Labute approximate surface area is 197 Å². The van der Waals surface area contributed by atoms with Crippen molar-refractivity contribution in [1.29, 1.82) is 0 Å². The van der Waals surface area contributed by atoms with Crippen molar-refractivity contribution in [2.75, 3.05) is 0 Å². The van der Waals surface area contributed by atoms with Crippen LogP contribution in [0.25, 0.3) is 0 Å². The van der Waals surface area contributed by atoms with E-state index in [2.05, 4.69) is 48.5 Å². The molecular formula is C30H50O2. The van der Waals surface area contributed by atoms with Crippen molar-refractivity contribution in [3.05, 3.63) is 0 Å². The molecule has 0 radical (unpaired) electrons. The molecule has 2 nitrogen and oxygen atoms in total. The van der Waals surface area contributed by atoms with Crippen LogP contribution in [0.15, 0.2) is 0 Å². The maximum absolute atomic E-state index is 11.9. The summed E-state index contributed by atoms with van der Waals surface area (Å²) in [4.78, 5) is 11.9. The van der Waals surface area contributed by atoms with Gasteiger partial charge in [0.2, 0.25) is 0 Å². The minimum atomic E-state index is -0.142. The second kappa shape index (κ2) is 7.08. The van der Waals surface area contributed by atoms with Gasteiger partial charge in [-0.05, 0) is 121 Å². The predicted molar refractivity (Wildman–Crippen MR) is 131 cm³/mol. The second-order valence-corrected chi connectivity index (χ2v) is 14.9. The number of fused-ring (bicyclic) bond motifs is 7. The Bertz CT molecular complexity index is 773. The van der Waals surface area contributed by atoms with E-state index in [1.807, 2.05) is 0 Å². The van der Waals surface area contributed by atoms with Gasteiger partial charge in [-0.1, -0.05) is 48.5 Å². The topological polar surface area (TPSA) is 37.3 Å². The number of carbonyl (C=O) groups excluding carboxylic acids is 1. The van der Waals surface area contributed by atoms with Crippen molar-refractivity contribution in [1.82, 2.24) is 0 Å². The lowest BCUT2D eigenvalue weighted by molar-refractivity contribution is -0.247. The van der Waals surface area contributed by atoms with Crippen LogP contribution in [0.4, 0.5) is 0 Å². The quantitative estimate of drug-likeness (QED) is 0.456. The number of hydrogen-bond donors (Lipinski definition) is 1. The van der Waals surface area contributed by atoms with Crippen LogP contribution in [0.3, 0.4) is 0 Å². The van der Waals surface area contributed by atoms with Crippen LogP contribution in [0.2, 0.25) is 0 Å². The summed E-state index contributed by atoms with van der Waals surface area (Å²) in [5.74, 6) is 3.73. The van der Waals surface area contributed by atoms with E-state index in [9.17, 15) is 9.90 Å². The summed E-state index contributed by atoms with van der Waals surface area (Å²) < 4.78 is 0. The van der Waals surface area contributed by atoms with Gasteiger partial charge in [-0.2, -0.15) is 0 Å². The minimum absolute atomic E-state index is 0.0349. The van der Waals surface area contributed by atoms with Crippen molar-refractivity contribution < 1.29 is 9.90 Å². The van der Waals surface area contributed by atoms with E-state index in [1.54, 1.807) is 0 Å². The lowest BCUT2D eigenvalue weighted by Gasteiger charge is -2.73. The molecule has 32 heavy (non-hydrogen) atoms. The van der Waals surface area contributed by atoms with Crippen LogP contribution in [-0.2, 0) is 4.79 Å². The molecule has 5 rings (SSSR count). The summed E-state index contributed by atoms with van der Waals surface area (Å²) in [6, 6.07) is 0. The molecule has 0 spiro atoms. The maximum Gasteiger partial charge on any atom is 0.123 e. The number of aldehydes is 1. The fraction of sp³-hybridized carbons (Fsp3) is 0.967. The van der Waals surface area contributed by atoms with E-state index < -0.39 is 0 Å². The first-order chi connectivity index (χ1) is 14.8. The average molecular weight is 443 g/mol. The Morgan fingerprint density at radius 2 is 1.50 bits per heavy atom. The molecule has 5 fully saturated rings. The van der Waals surface area contributed by atoms with Crippen LogP contribution < -0.4 is 0 Å². The molecule has 11 atom stereocenters. The van der Waals surface area contributed by atoms with Gasteiger partial charge in [0.15, 0.2) is 0 Å². The van der Waals surface area contributed by atoms with Gasteiger partial charge >= 0.3 is 0 Å². The molecule has 0 aliphatic heterocycles. The first-order valence-corrected chi connectivity index (χ1v) is 14.0. The molecular weight excluding hydrogens is 392 g/mol. The lowest BCUT2D eigenvalue weighted by Crippen LogP contribution is -2.66. The van der Waals surface area contributed by atoms with E-state index in [4.69, 9.17) is 0 Å². The zero-order valence-corrected chi connectivity index (χ0v) is 22.0. The molecule has 0 saturated heterocycles. The highest BCUT2D eigenvalue weighted by Crippen LogP contribution is 2.77. The Hall–Kier alpha value is -0.370. The standard InChI is InChI=1S/C30H50O2/c1-19(18-31)20-10-13-27(4)16-17-29(6)21(25(20)27)8-9-23-28(5)14-12-24(32)26(2,3)22(28)11-15-30(23,29)7/h18-25,32H,8-17H2,1-7H3/t19-,20+,21-,22+,23-,24+,25-,27-,28+,29-,30-/m1/s1. The minimum Gasteiger partial charge on any atom is -0.393 e. The second-order valence-electron chi connectivity index (χ2n) is 14.9. The Morgan fingerprint density at radius 3 is 2.19 bits per heavy atom. The molecule has 5 aliphatic rings. The van der Waals surface area contributed by atoms with Gasteiger partial charge < -0.3 is 9.90 Å². The smallest absolute Gasteiger partial charge is 0.123 e. The van der Waals surface area contributed by atoms with Crippen LogP contribution in [-0.4, -0.2) is 17.5 Å². The van der Waals surface area contributed by atoms with Gasteiger partial charge in [0.05, 0.1) is 6.10 Å². The summed E-state index contributed by atoms with van der Waals surface area (Å²) in [6.45, 7) is 17.5. The van der Waals surface area contributed by atoms with Gasteiger partial charge in [0.25, 0.3) is 0 Å². The van der Waals surface area contributed by atoms with Gasteiger partial charge in [0.1, 0.15) is 6.29 Å². The van der Waals surface area contributed by atoms with Crippen molar-refractivity contribution in [2.45, 2.75) is 119 Å². The summed E-state index contributed by atoms with van der Waals surface area (Å²) >= 11 is 0. The summed E-state index contributed by atoms with van der Waals surface area (Å²) in [6.07, 6.45) is 14.0. The van der Waals surface area contributed by atoms with E-state index in [-0.39, 0.29) is 17.4 Å². The average Bonchev–Trinajstić information content (AvgIpc) is 3.09. The Balaban J connectivity index is 1.53. The first kappa shape index (κ1) is 23.4. The highest BCUT2D eigenvalue weighted by atomic mass is 16.3. The molecule has 0 heterocycles. The molecule has 0 aromatic heterocycles. The third-order valence-electron chi connectivity index (χ3n) is 13.8. The Kier molecular flexibility index (Phi) is 5.17. The highest BCUT2D eigenvalue weighted by molar-refractivity contribution is 5.53. The van der Waals surface area contributed by atoms with Gasteiger partial charge in [-0.15, -0.1) is 0 Å². The van der Waals surface area contributed by atoms with Gasteiger partial charge in [-0.25, -0.2) is 0 Å².